The van der Waals surface area contributed by atoms with Crippen LogP contribution in [0.5, 0.6) is 0 Å². The van der Waals surface area contributed by atoms with Crippen LogP contribution in [0, 0.1) is 5.82 Å². The first kappa shape index (κ1) is 29.5. The van der Waals surface area contributed by atoms with Crippen LogP contribution in [0.25, 0.3) is 11.0 Å². The van der Waals surface area contributed by atoms with E-state index in [9.17, 15) is 18.0 Å². The first-order valence-corrected chi connectivity index (χ1v) is 13.6. The number of hydrogen-bond acceptors (Lipinski definition) is 7. The van der Waals surface area contributed by atoms with E-state index in [1.807, 2.05) is 20.9 Å². The van der Waals surface area contributed by atoms with Gasteiger partial charge in [-0.25, -0.2) is 14.4 Å². The number of piperazine rings is 1. The predicted octanol–water partition coefficient (Wildman–Crippen LogP) is 5.32. The Balaban J connectivity index is 0.00000181. The van der Waals surface area contributed by atoms with Gasteiger partial charge in [-0.3, -0.25) is 4.79 Å². The molecule has 1 aliphatic carbocycles. The molecule has 0 atom stereocenters. The Morgan fingerprint density at radius 3 is 2.30 bits per heavy atom. The lowest BCUT2D eigenvalue weighted by atomic mass is 10.1. The highest BCUT2D eigenvalue weighted by Crippen LogP contribution is 2.39. The summed E-state index contributed by atoms with van der Waals surface area (Å²) < 4.78 is 59.1. The van der Waals surface area contributed by atoms with Crippen LogP contribution in [0.4, 0.5) is 35.0 Å². The van der Waals surface area contributed by atoms with Crippen LogP contribution in [0.1, 0.15) is 61.6 Å². The van der Waals surface area contributed by atoms with Gasteiger partial charge in [-0.15, -0.1) is 0 Å². The lowest BCUT2D eigenvalue weighted by Gasteiger charge is -2.35. The van der Waals surface area contributed by atoms with Crippen LogP contribution in [0.3, 0.4) is 0 Å². The van der Waals surface area contributed by atoms with Gasteiger partial charge in [0.05, 0.1) is 22.8 Å². The molecule has 1 N–H and O–H groups in total. The number of carbonyl (C=O) groups excluding carboxylic acids is 1. The van der Waals surface area contributed by atoms with E-state index < -0.39 is 23.5 Å². The quantitative estimate of drug-likeness (QED) is 0.420. The lowest BCUT2D eigenvalue weighted by molar-refractivity contribution is -0.137. The number of amides is 1. The Morgan fingerprint density at radius 2 is 1.70 bits per heavy atom. The van der Waals surface area contributed by atoms with Crippen molar-refractivity contribution in [3.8, 4) is 0 Å². The first-order chi connectivity index (χ1) is 19.0. The van der Waals surface area contributed by atoms with Crippen molar-refractivity contribution in [2.45, 2.75) is 51.7 Å². The summed E-state index contributed by atoms with van der Waals surface area (Å²) in [5.41, 5.74) is -0.643. The lowest BCUT2D eigenvalue weighted by Crippen LogP contribution is -2.45. The van der Waals surface area contributed by atoms with Gasteiger partial charge in [0.1, 0.15) is 17.2 Å². The normalized spacial score (nSPS) is 16.7. The summed E-state index contributed by atoms with van der Waals surface area (Å²) in [7, 11) is 5.03. The minimum absolute atomic E-state index is 0.0246. The van der Waals surface area contributed by atoms with Crippen LogP contribution >= 0.6 is 0 Å². The molecule has 1 saturated heterocycles. The third-order valence-electron chi connectivity index (χ3n) is 7.25. The molecule has 0 unspecified atom stereocenters. The number of hydrogen-bond donors (Lipinski definition) is 1. The molecular formula is C27H36F4N8O. The van der Waals surface area contributed by atoms with Gasteiger partial charge in [-0.1, -0.05) is 26.7 Å². The molecule has 13 heteroatoms. The maximum absolute atomic E-state index is 15.4. The van der Waals surface area contributed by atoms with Crippen molar-refractivity contribution in [3.05, 3.63) is 35.5 Å². The van der Waals surface area contributed by atoms with Crippen molar-refractivity contribution >= 4 is 34.4 Å². The molecule has 5 rings (SSSR count). The zero-order valence-corrected chi connectivity index (χ0v) is 23.5. The SMILES string of the molecule is CC.CN1CCN(c2cnc(Nc3ncc4c(F)c(C(=O)N(C)C)n(C5CCCC5)c4n3)cc2C(F)(F)F)CC1. The van der Waals surface area contributed by atoms with Gasteiger partial charge in [0.2, 0.25) is 5.95 Å². The van der Waals surface area contributed by atoms with E-state index in [0.717, 1.165) is 31.7 Å². The number of nitrogens with one attached hydrogen (secondary N) is 1. The molecule has 0 aromatic carbocycles. The minimum atomic E-state index is -4.59. The summed E-state index contributed by atoms with van der Waals surface area (Å²) in [4.78, 5) is 30.7. The van der Waals surface area contributed by atoms with Gasteiger partial charge < -0.3 is 24.6 Å². The predicted molar refractivity (Wildman–Crippen MR) is 147 cm³/mol. The van der Waals surface area contributed by atoms with E-state index in [4.69, 9.17) is 0 Å². The van der Waals surface area contributed by atoms with Crippen molar-refractivity contribution in [2.75, 3.05) is 57.5 Å². The van der Waals surface area contributed by atoms with Crippen LogP contribution in [0.15, 0.2) is 18.5 Å². The van der Waals surface area contributed by atoms with Crippen molar-refractivity contribution in [1.82, 2.24) is 29.3 Å². The number of alkyl halides is 3. The molecular weight excluding hydrogens is 528 g/mol. The van der Waals surface area contributed by atoms with Crippen LogP contribution in [-0.2, 0) is 6.18 Å². The zero-order chi connectivity index (χ0) is 29.2. The average Bonchev–Trinajstić information content (AvgIpc) is 3.55. The fourth-order valence-electron chi connectivity index (χ4n) is 5.19. The molecule has 3 aromatic heterocycles. The Hall–Kier alpha value is -3.48. The number of likely N-dealkylation sites (N-methyl/N-ethyl adjacent to an activating group) is 1. The Kier molecular flexibility index (Phi) is 8.81. The van der Waals surface area contributed by atoms with Crippen LogP contribution in [-0.4, -0.2) is 82.5 Å². The van der Waals surface area contributed by atoms with E-state index in [1.165, 1.54) is 17.3 Å². The van der Waals surface area contributed by atoms with Crippen LogP contribution in [0.2, 0.25) is 0 Å². The maximum atomic E-state index is 15.4. The first-order valence-electron chi connectivity index (χ1n) is 13.6. The third-order valence-corrected chi connectivity index (χ3v) is 7.25. The van der Waals surface area contributed by atoms with Crippen LogP contribution < -0.4 is 10.2 Å². The van der Waals surface area contributed by atoms with Gasteiger partial charge in [-0.2, -0.15) is 18.2 Å². The average molecular weight is 565 g/mol. The molecule has 3 aromatic rings. The highest BCUT2D eigenvalue weighted by Gasteiger charge is 2.36. The molecule has 1 aliphatic heterocycles. The topological polar surface area (TPSA) is 82.4 Å². The summed E-state index contributed by atoms with van der Waals surface area (Å²) >= 11 is 0. The van der Waals surface area contributed by atoms with Gasteiger partial charge in [0, 0.05) is 52.5 Å². The Bertz CT molecular complexity index is 1340. The second kappa shape index (κ2) is 11.9. The number of aromatic nitrogens is 4. The van der Waals surface area contributed by atoms with Crippen molar-refractivity contribution in [2.24, 2.45) is 0 Å². The third kappa shape index (κ3) is 5.84. The number of fused-ring (bicyclic) bond motifs is 1. The van der Waals surface area contributed by atoms with Crippen molar-refractivity contribution in [3.63, 3.8) is 0 Å². The molecule has 0 bridgehead atoms. The summed E-state index contributed by atoms with van der Waals surface area (Å²) in [6.07, 6.45) is 1.31. The van der Waals surface area contributed by atoms with Gasteiger partial charge in [-0.05, 0) is 26.0 Å². The fourth-order valence-corrected chi connectivity index (χ4v) is 5.19. The number of rotatable bonds is 5. The number of carbonyl (C=O) groups is 1. The molecule has 0 spiro atoms. The second-order valence-corrected chi connectivity index (χ2v) is 10.1. The Labute approximate surface area is 231 Å². The minimum Gasteiger partial charge on any atom is -0.367 e. The molecule has 40 heavy (non-hydrogen) atoms. The zero-order valence-electron chi connectivity index (χ0n) is 23.5. The maximum Gasteiger partial charge on any atom is 0.418 e. The molecule has 2 fully saturated rings. The van der Waals surface area contributed by atoms with Gasteiger partial charge in [0.25, 0.3) is 5.91 Å². The molecule has 4 heterocycles. The Morgan fingerprint density at radius 1 is 1.05 bits per heavy atom. The molecule has 9 nitrogen and oxygen atoms in total. The molecule has 2 aliphatic rings. The molecule has 1 amide bonds. The van der Waals surface area contributed by atoms with E-state index in [-0.39, 0.29) is 40.2 Å². The van der Waals surface area contributed by atoms with E-state index in [1.54, 1.807) is 23.6 Å². The fraction of sp³-hybridized carbons (Fsp3) is 0.556. The number of pyridine rings is 1. The highest BCUT2D eigenvalue weighted by molar-refractivity contribution is 5.98. The number of nitrogens with zero attached hydrogens (tertiary/aromatic N) is 7. The van der Waals surface area contributed by atoms with E-state index in [0.29, 0.717) is 26.2 Å². The standard InChI is InChI=1S/C25H30F4N8O.C2H6/c1-34(2)23(38)21-20(26)16-13-31-24(33-22(16)37(21)15-6-4-5-7-15)32-19-12-17(25(27,28)29)18(14-30-19)36-10-8-35(3)9-11-36;1-2/h12-15H,4-11H2,1-3H3,(H,30,31,32,33);1-2H3. The number of anilines is 3. The monoisotopic (exact) mass is 564 g/mol. The summed E-state index contributed by atoms with van der Waals surface area (Å²) in [5, 5.41) is 2.84. The summed E-state index contributed by atoms with van der Waals surface area (Å²) in [6.45, 7) is 6.23. The molecule has 218 valence electrons. The van der Waals surface area contributed by atoms with E-state index in [2.05, 4.69) is 25.2 Å². The largest absolute Gasteiger partial charge is 0.418 e. The second-order valence-electron chi connectivity index (χ2n) is 10.1. The van der Waals surface area contributed by atoms with Crippen molar-refractivity contribution in [1.29, 1.82) is 0 Å². The smallest absolute Gasteiger partial charge is 0.367 e. The molecule has 0 radical (unpaired) electrons. The van der Waals surface area contributed by atoms with Gasteiger partial charge in [0.15, 0.2) is 5.82 Å². The summed E-state index contributed by atoms with van der Waals surface area (Å²) in [6, 6.07) is 0.834. The number of halogens is 4. The van der Waals surface area contributed by atoms with E-state index >= 15 is 4.39 Å². The molecule has 1 saturated carbocycles. The van der Waals surface area contributed by atoms with Crippen molar-refractivity contribution < 1.29 is 22.4 Å². The van der Waals surface area contributed by atoms with Gasteiger partial charge >= 0.3 is 6.18 Å². The highest BCUT2D eigenvalue weighted by atomic mass is 19.4. The summed E-state index contributed by atoms with van der Waals surface area (Å²) in [5.74, 6) is -1.31.